The van der Waals surface area contributed by atoms with E-state index in [4.69, 9.17) is 11.6 Å². The fourth-order valence-electron chi connectivity index (χ4n) is 3.72. The highest BCUT2D eigenvalue weighted by atomic mass is 35.5. The molecule has 1 saturated heterocycles. The van der Waals surface area contributed by atoms with Crippen molar-refractivity contribution in [1.29, 1.82) is 0 Å². The summed E-state index contributed by atoms with van der Waals surface area (Å²) in [5.74, 6) is -0.248. The molecule has 4 rings (SSSR count). The van der Waals surface area contributed by atoms with Crippen molar-refractivity contribution in [3.63, 3.8) is 0 Å². The fourth-order valence-corrected chi connectivity index (χ4v) is 3.90. The van der Waals surface area contributed by atoms with Gasteiger partial charge >= 0.3 is 6.03 Å². The van der Waals surface area contributed by atoms with E-state index >= 15 is 0 Å². The number of urea groups is 1. The van der Waals surface area contributed by atoms with Crippen LogP contribution in [0.3, 0.4) is 0 Å². The molecule has 3 aromatic rings. The first-order chi connectivity index (χ1) is 14.0. The standard InChI is InChI=1S/C22H24ClFN4O/c1-26(12-13-27-11-9-25-22(27)29)10-8-16-15-28(19-5-3-18(24)4-6-19)21-7-2-17(23)14-20(16)21/h2-7,14-15H,8-13H2,1H3,(H,25,29). The van der Waals surface area contributed by atoms with Crippen LogP contribution in [0.1, 0.15) is 5.56 Å². The van der Waals surface area contributed by atoms with E-state index in [2.05, 4.69) is 28.0 Å². The number of likely N-dealkylation sites (N-methyl/N-ethyl adjacent to an activating group) is 1. The fraction of sp³-hybridized carbons (Fsp3) is 0.318. The van der Waals surface area contributed by atoms with Gasteiger partial charge in [0.1, 0.15) is 5.82 Å². The Balaban J connectivity index is 1.50. The number of nitrogens with one attached hydrogen (secondary N) is 1. The lowest BCUT2D eigenvalue weighted by atomic mass is 10.1. The minimum absolute atomic E-state index is 0.0235. The predicted molar refractivity (Wildman–Crippen MR) is 114 cm³/mol. The summed E-state index contributed by atoms with van der Waals surface area (Å²) in [6, 6.07) is 12.4. The summed E-state index contributed by atoms with van der Waals surface area (Å²) in [6.45, 7) is 3.92. The molecule has 0 aliphatic carbocycles. The van der Waals surface area contributed by atoms with Crippen LogP contribution in [0.5, 0.6) is 0 Å². The molecule has 1 fully saturated rings. The molecule has 5 nitrogen and oxygen atoms in total. The molecule has 7 heteroatoms. The van der Waals surface area contributed by atoms with Crippen molar-refractivity contribution in [2.75, 3.05) is 39.8 Å². The van der Waals surface area contributed by atoms with Crippen molar-refractivity contribution >= 4 is 28.5 Å². The van der Waals surface area contributed by atoms with Crippen LogP contribution in [0.25, 0.3) is 16.6 Å². The maximum absolute atomic E-state index is 13.3. The zero-order valence-electron chi connectivity index (χ0n) is 16.4. The number of carbonyl (C=O) groups excluding carboxylic acids is 1. The molecule has 2 amide bonds. The molecule has 2 heterocycles. The number of benzene rings is 2. The van der Waals surface area contributed by atoms with Gasteiger partial charge in [0.15, 0.2) is 0 Å². The van der Waals surface area contributed by atoms with Gasteiger partial charge in [-0.05, 0) is 61.5 Å². The summed E-state index contributed by atoms with van der Waals surface area (Å²) in [7, 11) is 2.07. The first kappa shape index (κ1) is 19.7. The Bertz CT molecular complexity index is 1020. The number of amides is 2. The average Bonchev–Trinajstić information content (AvgIpc) is 3.28. The van der Waals surface area contributed by atoms with Crippen molar-refractivity contribution in [3.05, 3.63) is 65.1 Å². The summed E-state index contributed by atoms with van der Waals surface area (Å²) < 4.78 is 15.4. The maximum Gasteiger partial charge on any atom is 0.317 e. The van der Waals surface area contributed by atoms with E-state index in [1.165, 1.54) is 17.7 Å². The van der Waals surface area contributed by atoms with Gasteiger partial charge in [-0.2, -0.15) is 0 Å². The number of carbonyl (C=O) groups is 1. The number of hydrogen-bond acceptors (Lipinski definition) is 2. The summed E-state index contributed by atoms with van der Waals surface area (Å²) in [5.41, 5.74) is 3.16. The van der Waals surface area contributed by atoms with Gasteiger partial charge in [-0.25, -0.2) is 9.18 Å². The molecule has 0 radical (unpaired) electrons. The highest BCUT2D eigenvalue weighted by molar-refractivity contribution is 6.31. The Morgan fingerprint density at radius 1 is 1.17 bits per heavy atom. The smallest absolute Gasteiger partial charge is 0.317 e. The van der Waals surface area contributed by atoms with E-state index in [0.717, 1.165) is 55.7 Å². The Morgan fingerprint density at radius 3 is 2.69 bits per heavy atom. The molecule has 1 aliphatic rings. The quantitative estimate of drug-likeness (QED) is 0.636. The van der Waals surface area contributed by atoms with E-state index in [1.807, 2.05) is 23.1 Å². The molecule has 0 atom stereocenters. The molecule has 152 valence electrons. The van der Waals surface area contributed by atoms with Gasteiger partial charge in [0, 0.05) is 55.0 Å². The Kier molecular flexibility index (Phi) is 5.74. The molecule has 0 unspecified atom stereocenters. The van der Waals surface area contributed by atoms with Crippen molar-refractivity contribution in [3.8, 4) is 5.69 Å². The van der Waals surface area contributed by atoms with Crippen LogP contribution >= 0.6 is 11.6 Å². The first-order valence-electron chi connectivity index (χ1n) is 9.78. The van der Waals surface area contributed by atoms with Gasteiger partial charge in [0.2, 0.25) is 0 Å². The molecule has 1 N–H and O–H groups in total. The van der Waals surface area contributed by atoms with Crippen LogP contribution in [0.2, 0.25) is 5.02 Å². The highest BCUT2D eigenvalue weighted by Crippen LogP contribution is 2.28. The van der Waals surface area contributed by atoms with E-state index in [9.17, 15) is 9.18 Å². The third kappa shape index (κ3) is 4.38. The SMILES string of the molecule is CN(CCc1cn(-c2ccc(F)cc2)c2ccc(Cl)cc12)CCN1CCNC1=O. The van der Waals surface area contributed by atoms with Crippen LogP contribution in [0.4, 0.5) is 9.18 Å². The molecule has 0 bridgehead atoms. The van der Waals surface area contributed by atoms with E-state index in [0.29, 0.717) is 5.02 Å². The Labute approximate surface area is 174 Å². The zero-order valence-corrected chi connectivity index (χ0v) is 17.1. The average molecular weight is 415 g/mol. The van der Waals surface area contributed by atoms with Crippen LogP contribution in [-0.4, -0.2) is 60.2 Å². The van der Waals surface area contributed by atoms with Crippen LogP contribution in [0.15, 0.2) is 48.7 Å². The van der Waals surface area contributed by atoms with Gasteiger partial charge in [-0.3, -0.25) is 0 Å². The van der Waals surface area contributed by atoms with E-state index < -0.39 is 0 Å². The van der Waals surface area contributed by atoms with Gasteiger partial charge in [0.25, 0.3) is 0 Å². The number of nitrogens with zero attached hydrogens (tertiary/aromatic N) is 3. The number of rotatable bonds is 7. The van der Waals surface area contributed by atoms with Gasteiger partial charge in [-0.15, -0.1) is 0 Å². The van der Waals surface area contributed by atoms with Crippen molar-refractivity contribution in [2.24, 2.45) is 0 Å². The molecule has 29 heavy (non-hydrogen) atoms. The molecule has 2 aromatic carbocycles. The third-order valence-corrected chi connectivity index (χ3v) is 5.65. The minimum Gasteiger partial charge on any atom is -0.336 e. The second-order valence-corrected chi connectivity index (χ2v) is 7.87. The third-order valence-electron chi connectivity index (χ3n) is 5.41. The van der Waals surface area contributed by atoms with E-state index in [1.54, 1.807) is 12.1 Å². The maximum atomic E-state index is 13.3. The topological polar surface area (TPSA) is 40.5 Å². The Hall–Kier alpha value is -2.57. The van der Waals surface area contributed by atoms with Crippen LogP contribution < -0.4 is 5.32 Å². The van der Waals surface area contributed by atoms with Crippen LogP contribution in [0, 0.1) is 5.82 Å². The molecule has 0 spiro atoms. The molecule has 1 aromatic heterocycles. The first-order valence-corrected chi connectivity index (χ1v) is 10.2. The molecular weight excluding hydrogens is 391 g/mol. The predicted octanol–water partition coefficient (Wildman–Crippen LogP) is 3.92. The van der Waals surface area contributed by atoms with Gasteiger partial charge < -0.3 is 19.7 Å². The lowest BCUT2D eigenvalue weighted by molar-refractivity contribution is 0.208. The summed E-state index contributed by atoms with van der Waals surface area (Å²) >= 11 is 6.25. The van der Waals surface area contributed by atoms with Crippen molar-refractivity contribution in [1.82, 2.24) is 19.7 Å². The lowest BCUT2D eigenvalue weighted by Crippen LogP contribution is -2.36. The summed E-state index contributed by atoms with van der Waals surface area (Å²) in [6.07, 6.45) is 2.96. The number of fused-ring (bicyclic) bond motifs is 1. The molecule has 1 aliphatic heterocycles. The zero-order chi connectivity index (χ0) is 20.4. The second-order valence-electron chi connectivity index (χ2n) is 7.43. The monoisotopic (exact) mass is 414 g/mol. The second kappa shape index (κ2) is 8.43. The summed E-state index contributed by atoms with van der Waals surface area (Å²) in [5, 5.41) is 4.63. The van der Waals surface area contributed by atoms with Gasteiger partial charge in [-0.1, -0.05) is 11.6 Å². The number of hydrogen-bond donors (Lipinski definition) is 1. The molecular formula is C22H24ClFN4O. The number of halogens is 2. The summed E-state index contributed by atoms with van der Waals surface area (Å²) in [4.78, 5) is 15.7. The minimum atomic E-state index is -0.248. The number of aromatic nitrogens is 1. The lowest BCUT2D eigenvalue weighted by Gasteiger charge is -2.20. The molecule has 0 saturated carbocycles. The van der Waals surface area contributed by atoms with Crippen molar-refractivity contribution < 1.29 is 9.18 Å². The Morgan fingerprint density at radius 2 is 1.97 bits per heavy atom. The normalized spacial score (nSPS) is 14.2. The van der Waals surface area contributed by atoms with Crippen molar-refractivity contribution in [2.45, 2.75) is 6.42 Å². The highest BCUT2D eigenvalue weighted by Gasteiger charge is 2.19. The van der Waals surface area contributed by atoms with E-state index in [-0.39, 0.29) is 11.8 Å². The van der Waals surface area contributed by atoms with Crippen LogP contribution in [-0.2, 0) is 6.42 Å². The largest absolute Gasteiger partial charge is 0.336 e. The van der Waals surface area contributed by atoms with Gasteiger partial charge in [0.05, 0.1) is 5.52 Å².